The Morgan fingerprint density at radius 2 is 2.10 bits per heavy atom. The van der Waals surface area contributed by atoms with Crippen LogP contribution in [0.25, 0.3) is 0 Å². The summed E-state index contributed by atoms with van der Waals surface area (Å²) in [5.74, 6) is 1.47. The van der Waals surface area contributed by atoms with Crippen LogP contribution in [0.2, 0.25) is 5.02 Å². The van der Waals surface area contributed by atoms with E-state index in [-0.39, 0.29) is 16.8 Å². The predicted molar refractivity (Wildman–Crippen MR) is 81.1 cm³/mol. The molecule has 2 unspecified atom stereocenters. The molecule has 114 valence electrons. The van der Waals surface area contributed by atoms with Crippen LogP contribution in [-0.2, 0) is 6.18 Å². The molecule has 0 spiro atoms. The summed E-state index contributed by atoms with van der Waals surface area (Å²) < 4.78 is 39.2. The number of halogens is 4. The topological polar surface area (TPSA) is 24.4 Å². The second-order valence-corrected chi connectivity index (χ2v) is 6.70. The predicted octanol–water partition coefficient (Wildman–Crippen LogP) is 5.04. The molecule has 1 aliphatic carbocycles. The zero-order valence-corrected chi connectivity index (χ0v) is 12.7. The number of rotatable bonds is 1. The molecule has 2 atom stereocenters. The molecule has 1 aromatic carbocycles. The van der Waals surface area contributed by atoms with Crippen molar-refractivity contribution < 1.29 is 13.2 Å². The summed E-state index contributed by atoms with van der Waals surface area (Å²) in [6.45, 7) is 0. The van der Waals surface area contributed by atoms with Gasteiger partial charge in [-0.05, 0) is 30.9 Å². The molecule has 1 N–H and O–H groups in total. The van der Waals surface area contributed by atoms with E-state index in [1.807, 2.05) is 0 Å². The summed E-state index contributed by atoms with van der Waals surface area (Å²) in [5.41, 5.74) is -0.860. The number of amidine groups is 1. The molecule has 3 rings (SSSR count). The SMILES string of the molecule is FC(F)(F)c1cccc(Cl)c1NC1=NC2CCCC2CS1. The third-order valence-electron chi connectivity index (χ3n) is 3.89. The standard InChI is InChI=1S/C14H14ClF3N2S/c15-10-5-2-4-9(14(16,17)18)12(10)20-13-19-11-6-1-3-8(11)7-21-13/h2,4-5,8,11H,1,3,6-7H2,(H,19,20). The molecule has 0 amide bonds. The summed E-state index contributed by atoms with van der Waals surface area (Å²) in [6.07, 6.45) is -1.12. The Balaban J connectivity index is 1.88. The summed E-state index contributed by atoms with van der Waals surface area (Å²) in [5, 5.41) is 3.39. The lowest BCUT2D eigenvalue weighted by molar-refractivity contribution is -0.136. The zero-order chi connectivity index (χ0) is 15.0. The Morgan fingerprint density at radius 3 is 2.86 bits per heavy atom. The molecular weight excluding hydrogens is 321 g/mol. The minimum Gasteiger partial charge on any atom is -0.333 e. The fraction of sp³-hybridized carbons (Fsp3) is 0.500. The van der Waals surface area contributed by atoms with Gasteiger partial charge in [-0.2, -0.15) is 13.2 Å². The van der Waals surface area contributed by atoms with Crippen molar-refractivity contribution >= 4 is 34.2 Å². The first kappa shape index (κ1) is 15.0. The van der Waals surface area contributed by atoms with E-state index in [9.17, 15) is 13.2 Å². The largest absolute Gasteiger partial charge is 0.418 e. The average molecular weight is 335 g/mol. The van der Waals surface area contributed by atoms with Crippen LogP contribution in [-0.4, -0.2) is 17.0 Å². The van der Waals surface area contributed by atoms with Crippen LogP contribution in [0.3, 0.4) is 0 Å². The van der Waals surface area contributed by atoms with Crippen molar-refractivity contribution in [3.63, 3.8) is 0 Å². The molecule has 21 heavy (non-hydrogen) atoms. The Labute approximate surface area is 130 Å². The molecule has 1 saturated carbocycles. The van der Waals surface area contributed by atoms with Crippen molar-refractivity contribution in [2.45, 2.75) is 31.5 Å². The lowest BCUT2D eigenvalue weighted by Gasteiger charge is -2.24. The molecule has 1 aliphatic heterocycles. The van der Waals surface area contributed by atoms with Crippen molar-refractivity contribution in [2.24, 2.45) is 10.9 Å². The number of hydrogen-bond donors (Lipinski definition) is 1. The molecule has 0 radical (unpaired) electrons. The van der Waals surface area contributed by atoms with Crippen molar-refractivity contribution in [1.82, 2.24) is 0 Å². The van der Waals surface area contributed by atoms with Gasteiger partial charge in [-0.1, -0.05) is 35.9 Å². The van der Waals surface area contributed by atoms with Crippen LogP contribution in [0, 0.1) is 5.92 Å². The number of aliphatic imine (C=N–C) groups is 1. The number of benzene rings is 1. The minimum absolute atomic E-state index is 0.0571. The van der Waals surface area contributed by atoms with E-state index in [0.29, 0.717) is 11.1 Å². The highest BCUT2D eigenvalue weighted by Gasteiger charge is 2.36. The Hall–Kier alpha value is -0.880. The van der Waals surface area contributed by atoms with Crippen molar-refractivity contribution in [2.75, 3.05) is 11.1 Å². The van der Waals surface area contributed by atoms with Crippen molar-refractivity contribution in [3.05, 3.63) is 28.8 Å². The van der Waals surface area contributed by atoms with Gasteiger partial charge in [-0.25, -0.2) is 0 Å². The molecular formula is C14H14ClF3N2S. The van der Waals surface area contributed by atoms with Crippen LogP contribution in [0.1, 0.15) is 24.8 Å². The highest BCUT2D eigenvalue weighted by Crippen LogP contribution is 2.40. The normalized spacial score (nSPS) is 25.4. The maximum Gasteiger partial charge on any atom is 0.418 e. The van der Waals surface area contributed by atoms with E-state index < -0.39 is 11.7 Å². The van der Waals surface area contributed by atoms with E-state index in [1.54, 1.807) is 0 Å². The first-order valence-electron chi connectivity index (χ1n) is 6.78. The number of anilines is 1. The lowest BCUT2D eigenvalue weighted by Crippen LogP contribution is -2.26. The van der Waals surface area contributed by atoms with Gasteiger partial charge in [0.2, 0.25) is 0 Å². The number of fused-ring (bicyclic) bond motifs is 1. The first-order valence-corrected chi connectivity index (χ1v) is 8.15. The van der Waals surface area contributed by atoms with Gasteiger partial charge in [0.05, 0.1) is 22.3 Å². The highest BCUT2D eigenvalue weighted by molar-refractivity contribution is 8.14. The minimum atomic E-state index is -4.44. The number of nitrogens with zero attached hydrogens (tertiary/aromatic N) is 1. The highest BCUT2D eigenvalue weighted by atomic mass is 35.5. The van der Waals surface area contributed by atoms with Gasteiger partial charge in [-0.3, -0.25) is 4.99 Å². The van der Waals surface area contributed by atoms with E-state index >= 15 is 0 Å². The number of nitrogens with one attached hydrogen (secondary N) is 1. The second-order valence-electron chi connectivity index (χ2n) is 5.29. The van der Waals surface area contributed by atoms with Crippen LogP contribution in [0.4, 0.5) is 18.9 Å². The van der Waals surface area contributed by atoms with Gasteiger partial charge in [0.15, 0.2) is 5.17 Å². The molecule has 7 heteroatoms. The summed E-state index contributed by atoms with van der Waals surface area (Å²) >= 11 is 7.41. The smallest absolute Gasteiger partial charge is 0.333 e. The van der Waals surface area contributed by atoms with Gasteiger partial charge >= 0.3 is 6.18 Å². The Kier molecular flexibility index (Phi) is 4.10. The molecule has 1 heterocycles. The van der Waals surface area contributed by atoms with Crippen LogP contribution >= 0.6 is 23.4 Å². The third kappa shape index (κ3) is 3.16. The van der Waals surface area contributed by atoms with Gasteiger partial charge in [-0.15, -0.1) is 0 Å². The molecule has 0 saturated heterocycles. The Morgan fingerprint density at radius 1 is 1.29 bits per heavy atom. The maximum absolute atomic E-state index is 13.1. The van der Waals surface area contributed by atoms with Crippen molar-refractivity contribution in [1.29, 1.82) is 0 Å². The molecule has 0 bridgehead atoms. The third-order valence-corrected chi connectivity index (χ3v) is 5.28. The molecule has 1 aromatic rings. The molecule has 2 nitrogen and oxygen atoms in total. The van der Waals surface area contributed by atoms with Gasteiger partial charge < -0.3 is 5.32 Å². The Bertz CT molecular complexity index is 574. The fourth-order valence-corrected chi connectivity index (χ4v) is 4.18. The second kappa shape index (κ2) is 5.72. The number of hydrogen-bond acceptors (Lipinski definition) is 3. The van der Waals surface area contributed by atoms with Gasteiger partial charge in [0.1, 0.15) is 0 Å². The van der Waals surface area contributed by atoms with E-state index in [4.69, 9.17) is 11.6 Å². The monoisotopic (exact) mass is 334 g/mol. The van der Waals surface area contributed by atoms with E-state index in [2.05, 4.69) is 10.3 Å². The van der Waals surface area contributed by atoms with E-state index in [1.165, 1.54) is 23.9 Å². The van der Waals surface area contributed by atoms with Gasteiger partial charge in [0.25, 0.3) is 0 Å². The lowest BCUT2D eigenvalue weighted by atomic mass is 10.1. The van der Waals surface area contributed by atoms with Gasteiger partial charge in [0, 0.05) is 5.75 Å². The number of thioether (sulfide) groups is 1. The number of para-hydroxylation sites is 1. The summed E-state index contributed by atoms with van der Waals surface area (Å²) in [6, 6.07) is 4.02. The summed E-state index contributed by atoms with van der Waals surface area (Å²) in [7, 11) is 0. The van der Waals surface area contributed by atoms with Crippen LogP contribution in [0.15, 0.2) is 23.2 Å². The van der Waals surface area contributed by atoms with Crippen LogP contribution < -0.4 is 5.32 Å². The van der Waals surface area contributed by atoms with Crippen molar-refractivity contribution in [3.8, 4) is 0 Å². The first-order chi connectivity index (χ1) is 9.95. The van der Waals surface area contributed by atoms with Crippen LogP contribution in [0.5, 0.6) is 0 Å². The summed E-state index contributed by atoms with van der Waals surface area (Å²) in [4.78, 5) is 4.55. The zero-order valence-electron chi connectivity index (χ0n) is 11.1. The average Bonchev–Trinajstić information content (AvgIpc) is 2.87. The fourth-order valence-electron chi connectivity index (χ4n) is 2.82. The maximum atomic E-state index is 13.1. The molecule has 0 aromatic heterocycles. The molecule has 2 aliphatic rings. The molecule has 1 fully saturated rings. The van der Waals surface area contributed by atoms with E-state index in [0.717, 1.165) is 31.1 Å². The quantitative estimate of drug-likeness (QED) is 0.777. The number of alkyl halides is 3.